The number of rotatable bonds is 8. The van der Waals surface area contributed by atoms with Crippen molar-refractivity contribution in [3.05, 3.63) is 69.1 Å². The molecular formula is C20H21ClN4O3S2. The average Bonchev–Trinajstić information content (AvgIpc) is 3.16. The van der Waals surface area contributed by atoms with Gasteiger partial charge in [0.25, 0.3) is 5.91 Å². The summed E-state index contributed by atoms with van der Waals surface area (Å²) in [5.41, 5.74) is 1.62. The number of carbonyl (C=O) groups excluding carboxylic acids is 1. The van der Waals surface area contributed by atoms with Crippen LogP contribution in [-0.2, 0) is 23.0 Å². The van der Waals surface area contributed by atoms with E-state index < -0.39 is 15.9 Å². The lowest BCUT2D eigenvalue weighted by molar-refractivity contribution is 0.102. The molecule has 2 aromatic carbocycles. The maximum atomic E-state index is 12.5. The van der Waals surface area contributed by atoms with Gasteiger partial charge in [0, 0.05) is 10.7 Å². The van der Waals surface area contributed by atoms with Gasteiger partial charge in [-0.2, -0.15) is 0 Å². The quantitative estimate of drug-likeness (QED) is 0.522. The molecule has 0 fully saturated rings. The van der Waals surface area contributed by atoms with E-state index in [0.717, 1.165) is 23.3 Å². The van der Waals surface area contributed by atoms with Crippen LogP contribution in [0.4, 0.5) is 5.69 Å². The number of benzene rings is 2. The van der Waals surface area contributed by atoms with E-state index in [1.807, 2.05) is 12.1 Å². The smallest absolute Gasteiger partial charge is 0.286 e. The Bertz CT molecular complexity index is 1130. The Hall–Kier alpha value is -2.33. The maximum Gasteiger partial charge on any atom is 0.286 e. The fourth-order valence-electron chi connectivity index (χ4n) is 2.68. The molecule has 3 rings (SSSR count). The van der Waals surface area contributed by atoms with Crippen LogP contribution in [0.1, 0.15) is 34.2 Å². The Morgan fingerprint density at radius 2 is 1.87 bits per heavy atom. The van der Waals surface area contributed by atoms with E-state index in [1.165, 1.54) is 0 Å². The predicted octanol–water partition coefficient (Wildman–Crippen LogP) is 4.12. The van der Waals surface area contributed by atoms with E-state index in [0.29, 0.717) is 21.6 Å². The summed E-state index contributed by atoms with van der Waals surface area (Å²) in [6.07, 6.45) is 0.887. The van der Waals surface area contributed by atoms with Crippen LogP contribution in [-0.4, -0.2) is 24.5 Å². The second-order valence-corrected chi connectivity index (χ2v) is 10.3. The molecule has 0 spiro atoms. The van der Waals surface area contributed by atoms with E-state index >= 15 is 0 Å². The second-order valence-electron chi connectivity index (χ2n) is 7.03. The highest BCUT2D eigenvalue weighted by atomic mass is 35.5. The monoisotopic (exact) mass is 464 g/mol. The molecule has 0 radical (unpaired) electrons. The predicted molar refractivity (Wildman–Crippen MR) is 118 cm³/mol. The van der Waals surface area contributed by atoms with Crippen LogP contribution in [0.5, 0.6) is 0 Å². The van der Waals surface area contributed by atoms with Crippen molar-refractivity contribution in [3.8, 4) is 0 Å². The zero-order chi connectivity index (χ0) is 21.7. The molecule has 0 aliphatic heterocycles. The first-order valence-electron chi connectivity index (χ1n) is 9.21. The number of hydrogen-bond acceptors (Lipinski definition) is 6. The van der Waals surface area contributed by atoms with Crippen LogP contribution in [0.2, 0.25) is 5.02 Å². The average molecular weight is 465 g/mol. The summed E-state index contributed by atoms with van der Waals surface area (Å²) in [5, 5.41) is 11.4. The number of anilines is 1. The van der Waals surface area contributed by atoms with Gasteiger partial charge in [-0.15, -0.1) is 10.2 Å². The summed E-state index contributed by atoms with van der Waals surface area (Å²) in [6, 6.07) is 13.5. The highest BCUT2D eigenvalue weighted by Crippen LogP contribution is 2.18. The maximum absolute atomic E-state index is 12.5. The zero-order valence-corrected chi connectivity index (χ0v) is 18.8. The summed E-state index contributed by atoms with van der Waals surface area (Å²) in [7, 11) is -3.69. The van der Waals surface area contributed by atoms with Crippen molar-refractivity contribution < 1.29 is 13.2 Å². The first-order valence-corrected chi connectivity index (χ1v) is 11.9. The zero-order valence-electron chi connectivity index (χ0n) is 16.4. The molecule has 3 aromatic rings. The molecule has 0 saturated heterocycles. The number of carbonyl (C=O) groups is 1. The molecule has 158 valence electrons. The fourth-order valence-corrected chi connectivity index (χ4v) is 4.63. The number of aromatic nitrogens is 2. The third kappa shape index (κ3) is 6.09. The Labute approximate surface area is 184 Å². The molecule has 10 heteroatoms. The number of halogens is 1. The first kappa shape index (κ1) is 22.4. The van der Waals surface area contributed by atoms with Gasteiger partial charge >= 0.3 is 0 Å². The lowest BCUT2D eigenvalue weighted by atomic mass is 10.0. The summed E-state index contributed by atoms with van der Waals surface area (Å²) in [6.45, 7) is 4.16. The molecule has 2 N–H and O–H groups in total. The fraction of sp³-hybridized carbons (Fsp3) is 0.250. The molecule has 0 aliphatic carbocycles. The summed E-state index contributed by atoms with van der Waals surface area (Å²) in [5.74, 6) is 0.0536. The molecule has 0 aliphatic rings. The number of sulfonamides is 1. The van der Waals surface area contributed by atoms with Crippen LogP contribution in [0.15, 0.2) is 53.4 Å². The number of nitrogens with one attached hydrogen (secondary N) is 2. The standard InChI is InChI=1S/C20H21ClN4O3S2/c1-13(2)10-14-6-8-17(9-7-14)30(27,28)22-12-18-24-25-20(29-18)19(26)23-16-5-3-4-15(21)11-16/h3-9,11,13,22H,10,12H2,1-2H3,(H,23,26). The highest BCUT2D eigenvalue weighted by Gasteiger charge is 2.17. The molecule has 30 heavy (non-hydrogen) atoms. The van der Waals surface area contributed by atoms with Crippen molar-refractivity contribution >= 4 is 44.6 Å². The van der Waals surface area contributed by atoms with Crippen molar-refractivity contribution in [2.75, 3.05) is 5.32 Å². The minimum Gasteiger partial charge on any atom is -0.320 e. The minimum atomic E-state index is -3.69. The van der Waals surface area contributed by atoms with Gasteiger partial charge in [0.15, 0.2) is 0 Å². The van der Waals surface area contributed by atoms with Gasteiger partial charge < -0.3 is 5.32 Å². The Balaban J connectivity index is 1.60. The molecule has 1 heterocycles. The Kier molecular flexibility index (Phi) is 7.19. The van der Waals surface area contributed by atoms with Crippen molar-refractivity contribution in [3.63, 3.8) is 0 Å². The molecule has 7 nitrogen and oxygen atoms in total. The van der Waals surface area contributed by atoms with E-state index in [4.69, 9.17) is 11.6 Å². The van der Waals surface area contributed by atoms with Crippen LogP contribution < -0.4 is 10.0 Å². The SMILES string of the molecule is CC(C)Cc1ccc(S(=O)(=O)NCc2nnc(C(=O)Nc3cccc(Cl)c3)s2)cc1. The van der Waals surface area contributed by atoms with Crippen molar-refractivity contribution in [1.29, 1.82) is 0 Å². The van der Waals surface area contributed by atoms with Gasteiger partial charge in [0.2, 0.25) is 15.0 Å². The third-order valence-corrected chi connectivity index (χ3v) is 6.61. The van der Waals surface area contributed by atoms with E-state index in [2.05, 4.69) is 34.1 Å². The molecule has 0 saturated carbocycles. The van der Waals surface area contributed by atoms with Crippen molar-refractivity contribution in [2.24, 2.45) is 5.92 Å². The topological polar surface area (TPSA) is 101 Å². The largest absolute Gasteiger partial charge is 0.320 e. The Morgan fingerprint density at radius 1 is 1.13 bits per heavy atom. The van der Waals surface area contributed by atoms with Crippen LogP contribution in [0.3, 0.4) is 0 Å². The molecule has 1 amide bonds. The lowest BCUT2D eigenvalue weighted by Gasteiger charge is -2.08. The molecular weight excluding hydrogens is 444 g/mol. The molecule has 0 bridgehead atoms. The molecule has 1 aromatic heterocycles. The van der Waals surface area contributed by atoms with Crippen molar-refractivity contribution in [2.45, 2.75) is 31.7 Å². The van der Waals surface area contributed by atoms with Gasteiger partial charge in [0.1, 0.15) is 5.01 Å². The number of amides is 1. The second kappa shape index (κ2) is 9.65. The lowest BCUT2D eigenvalue weighted by Crippen LogP contribution is -2.23. The van der Waals surface area contributed by atoms with Crippen LogP contribution >= 0.6 is 22.9 Å². The van der Waals surface area contributed by atoms with Gasteiger partial charge in [-0.3, -0.25) is 4.79 Å². The molecule has 0 atom stereocenters. The summed E-state index contributed by atoms with van der Waals surface area (Å²) in [4.78, 5) is 12.5. The molecule has 0 unspecified atom stereocenters. The van der Waals surface area contributed by atoms with Crippen molar-refractivity contribution in [1.82, 2.24) is 14.9 Å². The minimum absolute atomic E-state index is 0.0574. The van der Waals surface area contributed by atoms with Gasteiger partial charge in [0.05, 0.1) is 11.4 Å². The Morgan fingerprint density at radius 3 is 2.53 bits per heavy atom. The number of nitrogens with zero attached hydrogens (tertiary/aromatic N) is 2. The highest BCUT2D eigenvalue weighted by molar-refractivity contribution is 7.89. The van der Waals surface area contributed by atoms with E-state index in [9.17, 15) is 13.2 Å². The number of hydrogen-bond donors (Lipinski definition) is 2. The van der Waals surface area contributed by atoms with Gasteiger partial charge in [-0.25, -0.2) is 13.1 Å². The van der Waals surface area contributed by atoms with E-state index in [1.54, 1.807) is 36.4 Å². The summed E-state index contributed by atoms with van der Waals surface area (Å²) >= 11 is 6.92. The van der Waals surface area contributed by atoms with Gasteiger partial charge in [-0.05, 0) is 48.2 Å². The third-order valence-electron chi connectivity index (χ3n) is 4.03. The van der Waals surface area contributed by atoms with E-state index in [-0.39, 0.29) is 16.4 Å². The first-order chi connectivity index (χ1) is 14.2. The van der Waals surface area contributed by atoms with Crippen LogP contribution in [0, 0.1) is 5.92 Å². The van der Waals surface area contributed by atoms with Crippen LogP contribution in [0.25, 0.3) is 0 Å². The summed E-state index contributed by atoms with van der Waals surface area (Å²) < 4.78 is 27.5. The normalized spacial score (nSPS) is 11.6. The van der Waals surface area contributed by atoms with Gasteiger partial charge in [-0.1, -0.05) is 55.0 Å².